The molecule has 1 heterocycles. The van der Waals surface area contributed by atoms with Gasteiger partial charge in [-0.1, -0.05) is 31.1 Å². The molecule has 90 valence electrons. The lowest BCUT2D eigenvalue weighted by atomic mass is 10.0. The molecule has 0 aliphatic carbocycles. The van der Waals surface area contributed by atoms with Gasteiger partial charge in [0.25, 0.3) is 0 Å². The predicted octanol–water partition coefficient (Wildman–Crippen LogP) is 3.69. The summed E-state index contributed by atoms with van der Waals surface area (Å²) in [5.74, 6) is 2.20. The first-order valence-electron chi connectivity index (χ1n) is 5.80. The molecule has 0 amide bonds. The fourth-order valence-electron chi connectivity index (χ4n) is 1.59. The first kappa shape index (κ1) is 11.7. The van der Waals surface area contributed by atoms with Crippen LogP contribution in [0.3, 0.4) is 0 Å². The van der Waals surface area contributed by atoms with Crippen molar-refractivity contribution in [3.63, 3.8) is 0 Å². The SMILES string of the molecule is Cc1cc(COc2ccc(C(C)C)cc2)no1. The maximum Gasteiger partial charge on any atom is 0.134 e. The Morgan fingerprint density at radius 1 is 1.24 bits per heavy atom. The predicted molar refractivity (Wildman–Crippen MR) is 66.1 cm³/mol. The summed E-state index contributed by atoms with van der Waals surface area (Å²) < 4.78 is 10.6. The standard InChI is InChI=1S/C14H17NO2/c1-10(2)12-4-6-14(7-5-12)16-9-13-8-11(3)17-15-13/h4-8,10H,9H2,1-3H3. The third kappa shape index (κ3) is 3.09. The lowest BCUT2D eigenvalue weighted by Crippen LogP contribution is -1.95. The van der Waals surface area contributed by atoms with E-state index in [4.69, 9.17) is 9.26 Å². The van der Waals surface area contributed by atoms with E-state index in [1.807, 2.05) is 25.1 Å². The Balaban J connectivity index is 1.95. The van der Waals surface area contributed by atoms with Crippen LogP contribution in [0.5, 0.6) is 5.75 Å². The first-order valence-corrected chi connectivity index (χ1v) is 5.80. The Kier molecular flexibility index (Phi) is 3.47. The van der Waals surface area contributed by atoms with E-state index in [2.05, 4.69) is 31.1 Å². The number of aromatic nitrogens is 1. The van der Waals surface area contributed by atoms with Crippen molar-refractivity contribution in [3.05, 3.63) is 47.3 Å². The van der Waals surface area contributed by atoms with Crippen molar-refractivity contribution in [2.75, 3.05) is 0 Å². The van der Waals surface area contributed by atoms with Gasteiger partial charge >= 0.3 is 0 Å². The second-order valence-electron chi connectivity index (χ2n) is 4.44. The van der Waals surface area contributed by atoms with Crippen molar-refractivity contribution in [2.24, 2.45) is 0 Å². The topological polar surface area (TPSA) is 35.3 Å². The second kappa shape index (κ2) is 5.04. The van der Waals surface area contributed by atoms with Crippen molar-refractivity contribution in [1.82, 2.24) is 5.16 Å². The third-order valence-corrected chi connectivity index (χ3v) is 2.61. The summed E-state index contributed by atoms with van der Waals surface area (Å²) in [7, 11) is 0. The van der Waals surface area contributed by atoms with Crippen LogP contribution < -0.4 is 4.74 Å². The van der Waals surface area contributed by atoms with Gasteiger partial charge in [-0.25, -0.2) is 0 Å². The average Bonchev–Trinajstić information content (AvgIpc) is 2.73. The van der Waals surface area contributed by atoms with Crippen LogP contribution in [0.2, 0.25) is 0 Å². The lowest BCUT2D eigenvalue weighted by molar-refractivity contribution is 0.288. The lowest BCUT2D eigenvalue weighted by Gasteiger charge is -2.07. The summed E-state index contributed by atoms with van der Waals surface area (Å²) in [5.41, 5.74) is 2.13. The van der Waals surface area contributed by atoms with E-state index in [0.717, 1.165) is 17.2 Å². The Labute approximate surface area is 101 Å². The van der Waals surface area contributed by atoms with Gasteiger partial charge < -0.3 is 9.26 Å². The summed E-state index contributed by atoms with van der Waals surface area (Å²) >= 11 is 0. The third-order valence-electron chi connectivity index (χ3n) is 2.61. The van der Waals surface area contributed by atoms with Crippen molar-refractivity contribution in [2.45, 2.75) is 33.3 Å². The molecular formula is C14H17NO2. The summed E-state index contributed by atoms with van der Waals surface area (Å²) in [6, 6.07) is 10.0. The van der Waals surface area contributed by atoms with E-state index < -0.39 is 0 Å². The molecule has 0 aliphatic heterocycles. The van der Waals surface area contributed by atoms with E-state index in [1.54, 1.807) is 0 Å². The van der Waals surface area contributed by atoms with Gasteiger partial charge in [-0.3, -0.25) is 0 Å². The quantitative estimate of drug-likeness (QED) is 0.805. The maximum atomic E-state index is 5.62. The Morgan fingerprint density at radius 2 is 1.94 bits per heavy atom. The fraction of sp³-hybridized carbons (Fsp3) is 0.357. The molecule has 0 saturated carbocycles. The summed E-state index contributed by atoms with van der Waals surface area (Å²) in [4.78, 5) is 0. The van der Waals surface area contributed by atoms with Crippen LogP contribution in [-0.4, -0.2) is 5.16 Å². The summed E-state index contributed by atoms with van der Waals surface area (Å²) in [6.07, 6.45) is 0. The van der Waals surface area contributed by atoms with Gasteiger partial charge in [-0.15, -0.1) is 0 Å². The van der Waals surface area contributed by atoms with E-state index in [9.17, 15) is 0 Å². The molecule has 1 aromatic carbocycles. The molecule has 0 unspecified atom stereocenters. The maximum absolute atomic E-state index is 5.62. The van der Waals surface area contributed by atoms with Crippen molar-refractivity contribution in [1.29, 1.82) is 0 Å². The van der Waals surface area contributed by atoms with E-state index >= 15 is 0 Å². The highest BCUT2D eigenvalue weighted by atomic mass is 16.5. The molecule has 0 N–H and O–H groups in total. The van der Waals surface area contributed by atoms with Crippen molar-refractivity contribution < 1.29 is 9.26 Å². The van der Waals surface area contributed by atoms with Gasteiger partial charge in [0.15, 0.2) is 0 Å². The molecule has 0 spiro atoms. The second-order valence-corrected chi connectivity index (χ2v) is 4.44. The molecule has 1 aromatic heterocycles. The minimum Gasteiger partial charge on any atom is -0.487 e. The van der Waals surface area contributed by atoms with Gasteiger partial charge in [0, 0.05) is 6.07 Å². The number of ether oxygens (including phenoxy) is 1. The van der Waals surface area contributed by atoms with Crippen LogP contribution >= 0.6 is 0 Å². The van der Waals surface area contributed by atoms with E-state index in [-0.39, 0.29) is 0 Å². The van der Waals surface area contributed by atoms with E-state index in [1.165, 1.54) is 5.56 Å². The zero-order valence-electron chi connectivity index (χ0n) is 10.4. The number of rotatable bonds is 4. The molecule has 3 heteroatoms. The van der Waals surface area contributed by atoms with Crippen molar-refractivity contribution in [3.8, 4) is 5.75 Å². The van der Waals surface area contributed by atoms with Gasteiger partial charge in [-0.05, 0) is 30.5 Å². The van der Waals surface area contributed by atoms with Crippen LogP contribution in [0.25, 0.3) is 0 Å². The summed E-state index contributed by atoms with van der Waals surface area (Å²) in [5, 5.41) is 3.88. The highest BCUT2D eigenvalue weighted by molar-refractivity contribution is 5.29. The molecular weight excluding hydrogens is 214 g/mol. The number of benzene rings is 1. The van der Waals surface area contributed by atoms with Crippen LogP contribution in [0, 0.1) is 6.92 Å². The monoisotopic (exact) mass is 231 g/mol. The zero-order chi connectivity index (χ0) is 12.3. The fourth-order valence-corrected chi connectivity index (χ4v) is 1.59. The Hall–Kier alpha value is -1.77. The molecule has 0 radical (unpaired) electrons. The van der Waals surface area contributed by atoms with Crippen LogP contribution in [0.15, 0.2) is 34.9 Å². The number of hydrogen-bond donors (Lipinski definition) is 0. The van der Waals surface area contributed by atoms with Crippen molar-refractivity contribution >= 4 is 0 Å². The molecule has 17 heavy (non-hydrogen) atoms. The Bertz CT molecular complexity index is 471. The average molecular weight is 231 g/mol. The smallest absolute Gasteiger partial charge is 0.134 e. The molecule has 0 bridgehead atoms. The summed E-state index contributed by atoms with van der Waals surface area (Å²) in [6.45, 7) is 6.66. The van der Waals surface area contributed by atoms with Gasteiger partial charge in [0.1, 0.15) is 23.8 Å². The normalized spacial score (nSPS) is 10.8. The van der Waals surface area contributed by atoms with Crippen LogP contribution in [-0.2, 0) is 6.61 Å². The number of aryl methyl sites for hydroxylation is 1. The number of hydrogen-bond acceptors (Lipinski definition) is 3. The van der Waals surface area contributed by atoms with Gasteiger partial charge in [-0.2, -0.15) is 0 Å². The Morgan fingerprint density at radius 3 is 2.47 bits per heavy atom. The number of nitrogens with zero attached hydrogens (tertiary/aromatic N) is 1. The molecule has 2 aromatic rings. The molecule has 0 saturated heterocycles. The van der Waals surface area contributed by atoms with Gasteiger partial charge in [0.05, 0.1) is 0 Å². The van der Waals surface area contributed by atoms with Gasteiger partial charge in [0.2, 0.25) is 0 Å². The minimum absolute atomic E-state index is 0.443. The molecule has 0 atom stereocenters. The molecule has 3 nitrogen and oxygen atoms in total. The highest BCUT2D eigenvalue weighted by Gasteiger charge is 2.02. The molecule has 0 fully saturated rings. The van der Waals surface area contributed by atoms with Crippen LogP contribution in [0.1, 0.15) is 36.8 Å². The molecule has 2 rings (SSSR count). The first-order chi connectivity index (χ1) is 8.15. The highest BCUT2D eigenvalue weighted by Crippen LogP contribution is 2.19. The molecule has 0 aliphatic rings. The minimum atomic E-state index is 0.443. The van der Waals surface area contributed by atoms with Crippen LogP contribution in [0.4, 0.5) is 0 Å². The van der Waals surface area contributed by atoms with E-state index in [0.29, 0.717) is 12.5 Å². The zero-order valence-corrected chi connectivity index (χ0v) is 10.4. The largest absolute Gasteiger partial charge is 0.487 e.